The van der Waals surface area contributed by atoms with Crippen LogP contribution in [-0.2, 0) is 9.53 Å². The van der Waals surface area contributed by atoms with Gasteiger partial charge in [0.25, 0.3) is 0 Å². The molecule has 0 N–H and O–H groups in total. The highest BCUT2D eigenvalue weighted by Gasteiger charge is 2.20. The highest BCUT2D eigenvalue weighted by Crippen LogP contribution is 2.26. The topological polar surface area (TPSA) is 26.3 Å². The number of ether oxygens (including phenoxy) is 1. The molecule has 55 heavy (non-hydrogen) atoms. The Morgan fingerprint density at radius 3 is 1.25 bits per heavy atom. The fourth-order valence-electron chi connectivity index (χ4n) is 7.74. The summed E-state index contributed by atoms with van der Waals surface area (Å²) < 4.78 is 6.11. The van der Waals surface area contributed by atoms with E-state index in [1.807, 2.05) is 6.92 Å². The van der Waals surface area contributed by atoms with Crippen molar-refractivity contribution in [1.82, 2.24) is 0 Å². The monoisotopic (exact) mass is 875 g/mol. The largest absolute Gasteiger partial charge is 0.462 e. The van der Waals surface area contributed by atoms with Crippen LogP contribution in [-0.4, -0.2) is 39.0 Å². The van der Waals surface area contributed by atoms with Crippen molar-refractivity contribution in [3.8, 4) is 0 Å². The molecule has 330 valence electrons. The third-order valence-electron chi connectivity index (χ3n) is 11.5. The third kappa shape index (κ3) is 41.4. The molecule has 0 aliphatic rings. The van der Waals surface area contributed by atoms with Gasteiger partial charge in [-0.15, -0.1) is 58.0 Å². The van der Waals surface area contributed by atoms with E-state index in [9.17, 15) is 4.79 Å². The van der Waals surface area contributed by atoms with Crippen molar-refractivity contribution >= 4 is 64.0 Å². The SMILES string of the molecule is CCCCCCCCCCCCCCCCCC(=O)OC(CCCCCCCCCCCCCC(Cl)CCC)CCC(Cl)CCC(Cl)C(Cl)CCCC(C)Cl. The molecule has 0 aromatic rings. The van der Waals surface area contributed by atoms with Gasteiger partial charge in [0, 0.05) is 33.3 Å². The van der Waals surface area contributed by atoms with Crippen molar-refractivity contribution in [2.24, 2.45) is 0 Å². The Labute approximate surface area is 369 Å². The molecule has 0 heterocycles. The molecule has 0 fully saturated rings. The number of carbonyl (C=O) groups is 1. The van der Waals surface area contributed by atoms with Crippen LogP contribution < -0.4 is 0 Å². The Hall–Kier alpha value is 0.920. The predicted octanol–water partition coefficient (Wildman–Crippen LogP) is 18.8. The molecule has 0 radical (unpaired) electrons. The normalized spacial score (nSPS) is 15.1. The molecule has 0 saturated heterocycles. The lowest BCUT2D eigenvalue weighted by molar-refractivity contribution is -0.150. The summed E-state index contributed by atoms with van der Waals surface area (Å²) in [6, 6.07) is 0. The zero-order valence-corrected chi connectivity index (χ0v) is 40.3. The van der Waals surface area contributed by atoms with Crippen LogP contribution in [0, 0.1) is 0 Å². The van der Waals surface area contributed by atoms with Gasteiger partial charge in [0.05, 0.1) is 0 Å². The van der Waals surface area contributed by atoms with E-state index in [2.05, 4.69) is 13.8 Å². The lowest BCUT2D eigenvalue weighted by Crippen LogP contribution is -2.21. The lowest BCUT2D eigenvalue weighted by atomic mass is 10.00. The van der Waals surface area contributed by atoms with Crippen LogP contribution in [0.3, 0.4) is 0 Å². The van der Waals surface area contributed by atoms with Crippen LogP contribution in [0.1, 0.15) is 265 Å². The zero-order valence-electron chi connectivity index (χ0n) is 36.5. The standard InChI is InChI=1S/C48H91Cl5O2/c1-4-6-7-8-9-10-11-12-13-14-18-21-24-27-30-37-48(54)55-45(40-38-44(51)39-41-47(53)46(52)36-31-33-42(3)49)35-29-26-23-20-17-15-16-19-22-25-28-34-43(50)32-5-2/h42-47H,4-41H2,1-3H3. The second-order valence-corrected chi connectivity index (χ2v) is 20.3. The van der Waals surface area contributed by atoms with Gasteiger partial charge in [-0.3, -0.25) is 4.79 Å². The van der Waals surface area contributed by atoms with E-state index in [1.165, 1.54) is 161 Å². The summed E-state index contributed by atoms with van der Waals surface area (Å²) in [6.07, 6.45) is 45.3. The number of halogens is 5. The highest BCUT2D eigenvalue weighted by atomic mass is 35.5. The van der Waals surface area contributed by atoms with Gasteiger partial charge in [-0.25, -0.2) is 0 Å². The molecule has 0 amide bonds. The van der Waals surface area contributed by atoms with E-state index in [-0.39, 0.29) is 33.6 Å². The minimum Gasteiger partial charge on any atom is -0.462 e. The first kappa shape index (κ1) is 55.9. The van der Waals surface area contributed by atoms with E-state index in [0.717, 1.165) is 77.0 Å². The van der Waals surface area contributed by atoms with Crippen molar-refractivity contribution < 1.29 is 9.53 Å². The first-order valence-corrected chi connectivity index (χ1v) is 26.3. The van der Waals surface area contributed by atoms with Crippen LogP contribution in [0.5, 0.6) is 0 Å². The smallest absolute Gasteiger partial charge is 0.306 e. The molecular formula is C48H91Cl5O2. The van der Waals surface area contributed by atoms with Gasteiger partial charge >= 0.3 is 5.97 Å². The Bertz CT molecular complexity index is 783. The van der Waals surface area contributed by atoms with Crippen LogP contribution in [0.4, 0.5) is 0 Å². The van der Waals surface area contributed by atoms with E-state index in [4.69, 9.17) is 62.7 Å². The molecular weight excluding hydrogens is 786 g/mol. The number of hydrogen-bond acceptors (Lipinski definition) is 2. The van der Waals surface area contributed by atoms with Gasteiger partial charge in [0.1, 0.15) is 6.10 Å². The van der Waals surface area contributed by atoms with Gasteiger partial charge in [-0.1, -0.05) is 181 Å². The average Bonchev–Trinajstić information content (AvgIpc) is 3.15. The van der Waals surface area contributed by atoms with Crippen LogP contribution in [0.2, 0.25) is 0 Å². The number of rotatable bonds is 44. The van der Waals surface area contributed by atoms with Gasteiger partial charge in [-0.05, 0) is 77.6 Å². The molecule has 0 spiro atoms. The molecule has 0 aromatic carbocycles. The minimum absolute atomic E-state index is 0.0167. The Morgan fingerprint density at radius 2 is 0.782 bits per heavy atom. The molecule has 0 rings (SSSR count). The van der Waals surface area contributed by atoms with Gasteiger partial charge < -0.3 is 4.74 Å². The quantitative estimate of drug-likeness (QED) is 0.0346. The van der Waals surface area contributed by atoms with Gasteiger partial charge in [-0.2, -0.15) is 0 Å². The third-order valence-corrected chi connectivity index (χ3v) is 13.7. The number of carbonyl (C=O) groups excluding carboxylic acids is 1. The molecule has 0 aliphatic heterocycles. The highest BCUT2D eigenvalue weighted by molar-refractivity contribution is 6.30. The summed E-state index contributed by atoms with van der Waals surface area (Å²) >= 11 is 32.5. The predicted molar refractivity (Wildman–Crippen MR) is 251 cm³/mol. The fraction of sp³-hybridized carbons (Fsp3) is 0.979. The number of esters is 1. The maximum Gasteiger partial charge on any atom is 0.306 e. The maximum absolute atomic E-state index is 12.9. The summed E-state index contributed by atoms with van der Waals surface area (Å²) in [6.45, 7) is 6.52. The summed E-state index contributed by atoms with van der Waals surface area (Å²) in [7, 11) is 0. The van der Waals surface area contributed by atoms with Crippen molar-refractivity contribution in [1.29, 1.82) is 0 Å². The summed E-state index contributed by atoms with van der Waals surface area (Å²) in [5.41, 5.74) is 0. The molecule has 6 atom stereocenters. The number of alkyl halides is 5. The van der Waals surface area contributed by atoms with Gasteiger partial charge in [0.2, 0.25) is 0 Å². The second-order valence-electron chi connectivity index (χ2n) is 17.2. The van der Waals surface area contributed by atoms with E-state index in [1.54, 1.807) is 0 Å². The minimum atomic E-state index is -0.0865. The Kier molecular flexibility index (Phi) is 43.7. The lowest BCUT2D eigenvalue weighted by Gasteiger charge is -2.21. The number of unbranched alkanes of at least 4 members (excludes halogenated alkanes) is 24. The molecule has 2 nitrogen and oxygen atoms in total. The molecule has 0 bridgehead atoms. The van der Waals surface area contributed by atoms with Crippen molar-refractivity contribution in [2.75, 3.05) is 0 Å². The second kappa shape index (κ2) is 43.0. The van der Waals surface area contributed by atoms with Crippen molar-refractivity contribution in [3.63, 3.8) is 0 Å². The van der Waals surface area contributed by atoms with Gasteiger partial charge in [0.15, 0.2) is 0 Å². The zero-order chi connectivity index (χ0) is 40.6. The molecule has 0 aromatic heterocycles. The van der Waals surface area contributed by atoms with Crippen molar-refractivity contribution in [2.45, 2.75) is 298 Å². The fourth-order valence-corrected chi connectivity index (χ4v) is 9.05. The maximum atomic E-state index is 12.9. The summed E-state index contributed by atoms with van der Waals surface area (Å²) in [5.74, 6) is -0.0219. The Balaban J connectivity index is 4.33. The Morgan fingerprint density at radius 1 is 0.382 bits per heavy atom. The van der Waals surface area contributed by atoms with Crippen molar-refractivity contribution in [3.05, 3.63) is 0 Å². The summed E-state index contributed by atoms with van der Waals surface area (Å²) in [5, 5.41) is 0.429. The molecule has 6 unspecified atom stereocenters. The summed E-state index contributed by atoms with van der Waals surface area (Å²) in [4.78, 5) is 12.9. The van der Waals surface area contributed by atoms with Crippen LogP contribution >= 0.6 is 58.0 Å². The van der Waals surface area contributed by atoms with E-state index in [0.29, 0.717) is 11.8 Å². The molecule has 7 heteroatoms. The molecule has 0 aliphatic carbocycles. The van der Waals surface area contributed by atoms with E-state index < -0.39 is 0 Å². The first-order chi connectivity index (χ1) is 26.7. The van der Waals surface area contributed by atoms with Crippen LogP contribution in [0.25, 0.3) is 0 Å². The van der Waals surface area contributed by atoms with E-state index >= 15 is 0 Å². The van der Waals surface area contributed by atoms with Crippen LogP contribution in [0.15, 0.2) is 0 Å². The average molecular weight is 878 g/mol. The molecule has 0 saturated carbocycles. The first-order valence-electron chi connectivity index (χ1n) is 24.1. The number of hydrogen-bond donors (Lipinski definition) is 0.